The molecule has 0 aliphatic carbocycles. The van der Waals surface area contributed by atoms with Crippen LogP contribution < -0.4 is 9.88 Å². The minimum Gasteiger partial charge on any atom is -0.466 e. The molecular formula is C27H23FN3O2+. The third kappa shape index (κ3) is 3.96. The van der Waals surface area contributed by atoms with E-state index >= 15 is 0 Å². The molecule has 6 heteroatoms. The predicted molar refractivity (Wildman–Crippen MR) is 124 cm³/mol. The average molecular weight is 440 g/mol. The zero-order chi connectivity index (χ0) is 22.9. The van der Waals surface area contributed by atoms with E-state index in [1.165, 1.54) is 6.07 Å². The lowest BCUT2D eigenvalue weighted by Gasteiger charge is -2.10. The minimum atomic E-state index is -0.499. The molecule has 0 radical (unpaired) electrons. The van der Waals surface area contributed by atoms with E-state index in [0.717, 1.165) is 17.1 Å². The van der Waals surface area contributed by atoms with Crippen molar-refractivity contribution < 1.29 is 18.2 Å². The largest absolute Gasteiger partial charge is 0.466 e. The van der Waals surface area contributed by atoms with Gasteiger partial charge in [-0.25, -0.2) is 14.2 Å². The van der Waals surface area contributed by atoms with E-state index < -0.39 is 6.04 Å². The summed E-state index contributed by atoms with van der Waals surface area (Å²) in [7, 11) is 0. The molecule has 0 saturated heterocycles. The van der Waals surface area contributed by atoms with Gasteiger partial charge in [0.2, 0.25) is 6.04 Å². The first kappa shape index (κ1) is 20.8. The Morgan fingerprint density at radius 3 is 2.70 bits per heavy atom. The van der Waals surface area contributed by atoms with Crippen LogP contribution in [-0.4, -0.2) is 16.9 Å². The average Bonchev–Trinajstić information content (AvgIpc) is 3.38. The Labute approximate surface area is 191 Å². The van der Waals surface area contributed by atoms with Gasteiger partial charge in [0.1, 0.15) is 34.9 Å². The topological polar surface area (TPSA) is 59.0 Å². The van der Waals surface area contributed by atoms with Gasteiger partial charge in [-0.1, -0.05) is 55.1 Å². The molecule has 33 heavy (non-hydrogen) atoms. The summed E-state index contributed by atoms with van der Waals surface area (Å²) in [6.45, 7) is 5.68. The number of rotatable bonds is 6. The molecule has 0 spiro atoms. The number of fused-ring (bicyclic) bond motifs is 1. The summed E-state index contributed by atoms with van der Waals surface area (Å²) in [5, 5.41) is 3.31. The first-order valence-corrected chi connectivity index (χ1v) is 10.8. The van der Waals surface area contributed by atoms with Crippen LogP contribution in [0.5, 0.6) is 0 Å². The molecule has 1 aliphatic heterocycles. The Hall–Kier alpha value is -4.06. The van der Waals surface area contributed by atoms with Crippen molar-refractivity contribution in [3.8, 4) is 11.3 Å². The Morgan fingerprint density at radius 1 is 1.15 bits per heavy atom. The maximum absolute atomic E-state index is 14.8. The highest BCUT2D eigenvalue weighted by molar-refractivity contribution is 5.82. The van der Waals surface area contributed by atoms with E-state index in [-0.39, 0.29) is 18.1 Å². The van der Waals surface area contributed by atoms with E-state index in [9.17, 15) is 9.18 Å². The van der Waals surface area contributed by atoms with Crippen LogP contribution in [0.25, 0.3) is 17.3 Å². The molecule has 5 nitrogen and oxygen atoms in total. The normalized spacial score (nSPS) is 14.7. The molecular weight excluding hydrogens is 417 g/mol. The second-order valence-corrected chi connectivity index (χ2v) is 8.10. The zero-order valence-electron chi connectivity index (χ0n) is 18.2. The number of carbonyl (C=O) groups is 1. The Bertz CT molecular complexity index is 1360. The third-order valence-corrected chi connectivity index (χ3v) is 5.86. The van der Waals surface area contributed by atoms with Gasteiger partial charge in [0, 0.05) is 17.5 Å². The molecule has 1 atom stereocenters. The van der Waals surface area contributed by atoms with Crippen molar-refractivity contribution in [3.05, 3.63) is 108 Å². The number of aryl methyl sites for hydroxylation is 1. The molecule has 2 aromatic heterocycles. The van der Waals surface area contributed by atoms with Gasteiger partial charge in [0.05, 0.1) is 6.42 Å². The molecule has 4 aromatic rings. The van der Waals surface area contributed by atoms with Gasteiger partial charge >= 0.3 is 11.7 Å². The van der Waals surface area contributed by atoms with Gasteiger partial charge in [-0.3, -0.25) is 5.32 Å². The number of anilines is 1. The predicted octanol–water partition coefficient (Wildman–Crippen LogP) is 4.99. The van der Waals surface area contributed by atoms with E-state index in [4.69, 9.17) is 9.40 Å². The molecule has 2 aromatic carbocycles. The van der Waals surface area contributed by atoms with Gasteiger partial charge in [-0.2, -0.15) is 4.57 Å². The second-order valence-electron chi connectivity index (χ2n) is 8.10. The van der Waals surface area contributed by atoms with Crippen LogP contribution in [0.1, 0.15) is 33.1 Å². The van der Waals surface area contributed by atoms with Crippen molar-refractivity contribution in [3.63, 3.8) is 0 Å². The fourth-order valence-corrected chi connectivity index (χ4v) is 4.20. The van der Waals surface area contributed by atoms with Crippen LogP contribution in [-0.2, 0) is 12.8 Å². The zero-order valence-corrected chi connectivity index (χ0v) is 18.2. The molecule has 1 unspecified atom stereocenters. The van der Waals surface area contributed by atoms with Gasteiger partial charge in [-0.05, 0) is 30.7 Å². The number of aromatic nitrogens is 2. The summed E-state index contributed by atoms with van der Waals surface area (Å²) in [5.41, 5.74) is 3.32. The summed E-state index contributed by atoms with van der Waals surface area (Å²) in [5.74, 6) is 1.67. The van der Waals surface area contributed by atoms with Gasteiger partial charge in [-0.15, -0.1) is 0 Å². The number of benzene rings is 2. The summed E-state index contributed by atoms with van der Waals surface area (Å²) in [6.07, 6.45) is 4.00. The number of nitrogens with zero attached hydrogens (tertiary/aromatic N) is 2. The maximum Gasteiger partial charge on any atom is 0.359 e. The molecule has 164 valence electrons. The quantitative estimate of drug-likeness (QED) is 0.429. The highest BCUT2D eigenvalue weighted by atomic mass is 19.1. The van der Waals surface area contributed by atoms with E-state index in [1.54, 1.807) is 22.9 Å². The molecule has 0 bridgehead atoms. The number of furan rings is 1. The van der Waals surface area contributed by atoms with Crippen molar-refractivity contribution in [2.75, 3.05) is 5.32 Å². The summed E-state index contributed by atoms with van der Waals surface area (Å²) >= 11 is 0. The van der Waals surface area contributed by atoms with Crippen LogP contribution in [0.4, 0.5) is 10.2 Å². The van der Waals surface area contributed by atoms with Crippen LogP contribution >= 0.6 is 0 Å². The fraction of sp³-hybridized carbons (Fsp3) is 0.148. The Kier molecular flexibility index (Phi) is 5.34. The van der Waals surface area contributed by atoms with E-state index in [1.807, 2.05) is 55.5 Å². The van der Waals surface area contributed by atoms with Crippen LogP contribution in [0.15, 0.2) is 77.9 Å². The van der Waals surface area contributed by atoms with E-state index in [0.29, 0.717) is 34.8 Å². The maximum atomic E-state index is 14.8. The number of halogens is 1. The fourth-order valence-electron chi connectivity index (χ4n) is 4.20. The molecule has 3 heterocycles. The van der Waals surface area contributed by atoms with Crippen molar-refractivity contribution in [1.29, 1.82) is 0 Å². The second kappa shape index (κ2) is 8.47. The van der Waals surface area contributed by atoms with Crippen molar-refractivity contribution in [2.45, 2.75) is 25.8 Å². The van der Waals surface area contributed by atoms with Gasteiger partial charge < -0.3 is 4.42 Å². The summed E-state index contributed by atoms with van der Waals surface area (Å²) in [6, 6.07) is 17.8. The number of nitrogens with one attached hydrogen (secondary N) is 1. The minimum absolute atomic E-state index is 0.0997. The highest BCUT2D eigenvalue weighted by Crippen LogP contribution is 2.27. The Morgan fingerprint density at radius 2 is 1.97 bits per heavy atom. The van der Waals surface area contributed by atoms with E-state index in [2.05, 4.69) is 11.9 Å². The lowest BCUT2D eigenvalue weighted by Crippen LogP contribution is -2.44. The van der Waals surface area contributed by atoms with Gasteiger partial charge in [0.25, 0.3) is 0 Å². The molecule has 1 aliphatic rings. The van der Waals surface area contributed by atoms with Crippen molar-refractivity contribution in [1.82, 2.24) is 4.98 Å². The number of hydrogen-bond acceptors (Lipinski definition) is 4. The molecule has 0 amide bonds. The molecule has 5 rings (SSSR count). The molecule has 0 fully saturated rings. The number of hydrogen-bond donors (Lipinski definition) is 1. The summed E-state index contributed by atoms with van der Waals surface area (Å²) in [4.78, 5) is 18.2. The SMILES string of the molecule is C=Cc1cccc(F)c1Cc1nc(-c2ccccc2)c[n+]2c1NC(Cc1ccc(C)o1)C2=O. The lowest BCUT2D eigenvalue weighted by molar-refractivity contribution is -0.552. The highest BCUT2D eigenvalue weighted by Gasteiger charge is 2.41. The molecule has 1 N–H and O–H groups in total. The first-order chi connectivity index (χ1) is 16.0. The monoisotopic (exact) mass is 440 g/mol. The lowest BCUT2D eigenvalue weighted by atomic mass is 10.0. The van der Waals surface area contributed by atoms with Crippen LogP contribution in [0.3, 0.4) is 0 Å². The third-order valence-electron chi connectivity index (χ3n) is 5.86. The van der Waals surface area contributed by atoms with Gasteiger partial charge in [0.15, 0.2) is 0 Å². The van der Waals surface area contributed by atoms with Crippen LogP contribution in [0.2, 0.25) is 0 Å². The smallest absolute Gasteiger partial charge is 0.359 e. The number of carbonyl (C=O) groups excluding carboxylic acids is 1. The van der Waals surface area contributed by atoms with Crippen molar-refractivity contribution >= 4 is 17.8 Å². The first-order valence-electron chi connectivity index (χ1n) is 10.8. The van der Waals surface area contributed by atoms with Crippen LogP contribution in [0, 0.1) is 12.7 Å². The molecule has 0 saturated carbocycles. The van der Waals surface area contributed by atoms with Crippen molar-refractivity contribution in [2.24, 2.45) is 0 Å². The Balaban J connectivity index is 1.59. The summed E-state index contributed by atoms with van der Waals surface area (Å²) < 4.78 is 22.0. The standard InChI is InChI=1S/C27H22FN3O2/c1-3-18-10-7-11-22(28)21(18)15-23-26-30-24(14-20-13-12-17(2)33-20)27(32)31(26)16-25(29-23)19-8-5-4-6-9-19/h3-13,16,24H,1,14-15H2,2H3/p+1.